The van der Waals surface area contributed by atoms with Gasteiger partial charge in [0.05, 0.1) is 18.0 Å². The van der Waals surface area contributed by atoms with E-state index in [4.69, 9.17) is 4.74 Å². The molecular weight excluding hydrogens is 374 g/mol. The summed E-state index contributed by atoms with van der Waals surface area (Å²) in [6.45, 7) is 3.96. The number of pyridine rings is 1. The summed E-state index contributed by atoms with van der Waals surface area (Å²) in [4.78, 5) is 17.1. The minimum atomic E-state index is -0.144. The van der Waals surface area contributed by atoms with Gasteiger partial charge in [0.2, 0.25) is 0 Å². The number of ether oxygens (including phenoxy) is 1. The summed E-state index contributed by atoms with van der Waals surface area (Å²) in [6.07, 6.45) is 10.0. The van der Waals surface area contributed by atoms with Crippen molar-refractivity contribution in [2.24, 2.45) is 17.8 Å². The monoisotopic (exact) mass is 405 g/mol. The zero-order valence-corrected chi connectivity index (χ0v) is 17.9. The van der Waals surface area contributed by atoms with Gasteiger partial charge in [0, 0.05) is 11.1 Å². The molecule has 4 aliphatic rings. The summed E-state index contributed by atoms with van der Waals surface area (Å²) in [5, 5.41) is 6.72. The Morgan fingerprint density at radius 2 is 1.63 bits per heavy atom. The van der Waals surface area contributed by atoms with Crippen LogP contribution in [0.4, 0.5) is 11.5 Å². The largest absolute Gasteiger partial charge is 0.491 e. The second-order valence-corrected chi connectivity index (χ2v) is 9.90. The van der Waals surface area contributed by atoms with Crippen molar-refractivity contribution >= 4 is 17.4 Å². The van der Waals surface area contributed by atoms with E-state index in [2.05, 4.69) is 15.6 Å². The number of hydrogen-bond donors (Lipinski definition) is 2. The normalized spacial score (nSPS) is 29.1. The lowest BCUT2D eigenvalue weighted by Crippen LogP contribution is -2.54. The third-order valence-corrected chi connectivity index (χ3v) is 6.94. The number of amides is 1. The molecule has 1 aromatic carbocycles. The topological polar surface area (TPSA) is 63.2 Å². The second-order valence-electron chi connectivity index (χ2n) is 9.90. The predicted molar refractivity (Wildman–Crippen MR) is 119 cm³/mol. The van der Waals surface area contributed by atoms with Crippen molar-refractivity contribution < 1.29 is 9.53 Å². The van der Waals surface area contributed by atoms with Gasteiger partial charge in [-0.1, -0.05) is 0 Å². The van der Waals surface area contributed by atoms with Crippen molar-refractivity contribution in [1.82, 2.24) is 4.98 Å². The lowest BCUT2D eigenvalue weighted by Gasteiger charge is -2.57. The minimum Gasteiger partial charge on any atom is -0.491 e. The Bertz CT molecular complexity index is 870. The summed E-state index contributed by atoms with van der Waals surface area (Å²) in [6, 6.07) is 11.1. The van der Waals surface area contributed by atoms with Crippen molar-refractivity contribution in [2.75, 3.05) is 10.6 Å². The zero-order chi connectivity index (χ0) is 20.7. The molecule has 6 rings (SSSR count). The Balaban J connectivity index is 1.21. The first-order valence-corrected chi connectivity index (χ1v) is 11.3. The van der Waals surface area contributed by atoms with Crippen molar-refractivity contribution in [3.05, 3.63) is 48.2 Å². The maximum atomic E-state index is 12.5. The molecule has 2 N–H and O–H groups in total. The van der Waals surface area contributed by atoms with E-state index < -0.39 is 0 Å². The lowest BCUT2D eigenvalue weighted by atomic mass is 9.53. The van der Waals surface area contributed by atoms with Gasteiger partial charge < -0.3 is 15.4 Å². The zero-order valence-electron chi connectivity index (χ0n) is 17.9. The highest BCUT2D eigenvalue weighted by Gasteiger charge is 2.51. The summed E-state index contributed by atoms with van der Waals surface area (Å²) in [5.41, 5.74) is 1.55. The lowest BCUT2D eigenvalue weighted by molar-refractivity contribution is 0.0105. The number of rotatable bonds is 6. The fraction of sp³-hybridized carbons (Fsp3) is 0.520. The van der Waals surface area contributed by atoms with Crippen molar-refractivity contribution in [1.29, 1.82) is 0 Å². The average molecular weight is 406 g/mol. The Morgan fingerprint density at radius 1 is 1.00 bits per heavy atom. The Morgan fingerprint density at radius 3 is 2.17 bits per heavy atom. The first-order valence-electron chi connectivity index (χ1n) is 11.3. The molecule has 4 aliphatic carbocycles. The molecule has 1 heterocycles. The number of nitrogens with one attached hydrogen (secondary N) is 2. The van der Waals surface area contributed by atoms with Gasteiger partial charge in [0.1, 0.15) is 11.6 Å². The highest BCUT2D eigenvalue weighted by Crippen LogP contribution is 2.56. The third kappa shape index (κ3) is 4.03. The number of aromatic nitrogens is 1. The van der Waals surface area contributed by atoms with Crippen LogP contribution in [0, 0.1) is 17.8 Å². The van der Waals surface area contributed by atoms with Crippen LogP contribution in [-0.2, 0) is 0 Å². The number of nitrogens with zero attached hydrogens (tertiary/aromatic N) is 1. The Hall–Kier alpha value is -2.56. The Labute approximate surface area is 178 Å². The van der Waals surface area contributed by atoms with Crippen LogP contribution >= 0.6 is 0 Å². The van der Waals surface area contributed by atoms with E-state index in [0.29, 0.717) is 11.3 Å². The minimum absolute atomic E-state index is 0.112. The SMILES string of the molecule is CC(C)Oc1ccc(C(=O)Nc2ccc(NC34CC5CC(CC(C5)C3)C4)nc2)cc1. The number of carbonyl (C=O) groups is 1. The quantitative estimate of drug-likeness (QED) is 0.666. The van der Waals surface area contributed by atoms with Crippen LogP contribution in [0.25, 0.3) is 0 Å². The summed E-state index contributed by atoms with van der Waals surface area (Å²) in [7, 11) is 0. The number of hydrogen-bond acceptors (Lipinski definition) is 4. The summed E-state index contributed by atoms with van der Waals surface area (Å²) >= 11 is 0. The van der Waals surface area contributed by atoms with Crippen molar-refractivity contribution in [2.45, 2.75) is 64.0 Å². The van der Waals surface area contributed by atoms with E-state index in [1.165, 1.54) is 38.5 Å². The van der Waals surface area contributed by atoms with E-state index in [-0.39, 0.29) is 17.6 Å². The van der Waals surface area contributed by atoms with Crippen LogP contribution in [0.3, 0.4) is 0 Å². The van der Waals surface area contributed by atoms with E-state index in [9.17, 15) is 4.79 Å². The van der Waals surface area contributed by atoms with Crippen LogP contribution < -0.4 is 15.4 Å². The summed E-state index contributed by atoms with van der Waals surface area (Å²) < 4.78 is 5.63. The molecule has 0 unspecified atom stereocenters. The smallest absolute Gasteiger partial charge is 0.255 e. The first-order chi connectivity index (χ1) is 14.5. The molecule has 158 valence electrons. The number of benzene rings is 1. The average Bonchev–Trinajstić information content (AvgIpc) is 2.68. The van der Waals surface area contributed by atoms with Crippen LogP contribution in [0.5, 0.6) is 5.75 Å². The highest BCUT2D eigenvalue weighted by atomic mass is 16.5. The van der Waals surface area contributed by atoms with Gasteiger partial charge in [-0.15, -0.1) is 0 Å². The highest BCUT2D eigenvalue weighted by molar-refractivity contribution is 6.04. The van der Waals surface area contributed by atoms with E-state index in [1.54, 1.807) is 18.3 Å². The van der Waals surface area contributed by atoms with Gasteiger partial charge in [-0.25, -0.2) is 4.98 Å². The van der Waals surface area contributed by atoms with Gasteiger partial charge in [-0.2, -0.15) is 0 Å². The molecule has 1 amide bonds. The predicted octanol–water partition coefficient (Wildman–Crippen LogP) is 5.50. The van der Waals surface area contributed by atoms with E-state index in [0.717, 1.165) is 29.3 Å². The molecule has 0 atom stereocenters. The molecule has 5 heteroatoms. The molecule has 0 spiro atoms. The van der Waals surface area contributed by atoms with Gasteiger partial charge in [0.15, 0.2) is 0 Å². The maximum Gasteiger partial charge on any atom is 0.255 e. The van der Waals surface area contributed by atoms with Crippen LogP contribution in [0.15, 0.2) is 42.6 Å². The molecule has 0 aliphatic heterocycles. The van der Waals surface area contributed by atoms with Crippen LogP contribution in [-0.4, -0.2) is 22.5 Å². The standard InChI is InChI=1S/C25H31N3O2/c1-16(2)30-22-6-3-20(4-7-22)24(29)27-21-5-8-23(26-15-21)28-25-12-17-9-18(13-25)11-19(10-17)14-25/h3-8,15-19H,9-14H2,1-2H3,(H,26,28)(H,27,29). The Kier molecular flexibility index (Phi) is 4.92. The molecule has 4 saturated carbocycles. The number of carbonyl (C=O) groups excluding carboxylic acids is 1. The fourth-order valence-corrected chi connectivity index (χ4v) is 6.24. The van der Waals surface area contributed by atoms with Gasteiger partial charge in [-0.3, -0.25) is 4.79 Å². The van der Waals surface area contributed by atoms with Gasteiger partial charge in [0.25, 0.3) is 5.91 Å². The molecule has 1 aromatic heterocycles. The van der Waals surface area contributed by atoms with Gasteiger partial charge in [-0.05, 0) is 107 Å². The number of anilines is 2. The first kappa shape index (κ1) is 19.4. The molecular formula is C25H31N3O2. The third-order valence-electron chi connectivity index (χ3n) is 6.94. The van der Waals surface area contributed by atoms with Crippen LogP contribution in [0.2, 0.25) is 0 Å². The fourth-order valence-electron chi connectivity index (χ4n) is 6.24. The van der Waals surface area contributed by atoms with Gasteiger partial charge >= 0.3 is 0 Å². The summed E-state index contributed by atoms with van der Waals surface area (Å²) in [5.74, 6) is 4.25. The molecule has 0 radical (unpaired) electrons. The molecule has 30 heavy (non-hydrogen) atoms. The molecule has 4 bridgehead atoms. The van der Waals surface area contributed by atoms with E-state index in [1.807, 2.05) is 38.1 Å². The maximum absolute atomic E-state index is 12.5. The molecule has 5 nitrogen and oxygen atoms in total. The van der Waals surface area contributed by atoms with E-state index >= 15 is 0 Å². The second kappa shape index (κ2) is 7.60. The molecule has 0 saturated heterocycles. The molecule has 2 aromatic rings. The molecule has 4 fully saturated rings. The van der Waals surface area contributed by atoms with Crippen molar-refractivity contribution in [3.63, 3.8) is 0 Å². The van der Waals surface area contributed by atoms with Crippen LogP contribution in [0.1, 0.15) is 62.7 Å². The van der Waals surface area contributed by atoms with Crippen molar-refractivity contribution in [3.8, 4) is 5.75 Å².